The topological polar surface area (TPSA) is 107 Å². The van der Waals surface area contributed by atoms with Crippen molar-refractivity contribution in [1.29, 1.82) is 0 Å². The van der Waals surface area contributed by atoms with Crippen molar-refractivity contribution in [1.82, 2.24) is 14.5 Å². The van der Waals surface area contributed by atoms with E-state index in [2.05, 4.69) is 10.2 Å². The fourth-order valence-electron chi connectivity index (χ4n) is 4.58. The monoisotopic (exact) mass is 580 g/mol. The van der Waals surface area contributed by atoms with Crippen molar-refractivity contribution < 1.29 is 22.8 Å². The summed E-state index contributed by atoms with van der Waals surface area (Å²) >= 11 is 12.8. The van der Waals surface area contributed by atoms with Crippen molar-refractivity contribution in [3.05, 3.63) is 62.5 Å². The zero-order chi connectivity index (χ0) is 26.5. The number of amides is 3. The highest BCUT2D eigenvalue weighted by Crippen LogP contribution is 2.44. The van der Waals surface area contributed by atoms with Gasteiger partial charge in [-0.25, -0.2) is 8.42 Å². The number of rotatable bonds is 5. The molecule has 5 rings (SSSR count). The largest absolute Gasteiger partial charge is 0.303 e. The van der Waals surface area contributed by atoms with Crippen molar-refractivity contribution >= 4 is 73.3 Å². The quantitative estimate of drug-likeness (QED) is 0.539. The van der Waals surface area contributed by atoms with Gasteiger partial charge in [0, 0.05) is 31.7 Å². The van der Waals surface area contributed by atoms with Crippen molar-refractivity contribution in [2.24, 2.45) is 0 Å². The molecular formula is C24H22Cl2N4O5S2. The maximum atomic E-state index is 13.6. The fourth-order valence-corrected chi connectivity index (χ4v) is 7.12. The molecule has 0 radical (unpaired) electrons. The first kappa shape index (κ1) is 26.2. The van der Waals surface area contributed by atoms with Gasteiger partial charge < -0.3 is 9.80 Å². The summed E-state index contributed by atoms with van der Waals surface area (Å²) in [5.41, 5.74) is 1.40. The van der Waals surface area contributed by atoms with Crippen LogP contribution in [0.5, 0.6) is 0 Å². The number of carbonyl (C=O) groups is 3. The van der Waals surface area contributed by atoms with Gasteiger partial charge in [0.25, 0.3) is 17.1 Å². The number of imide groups is 1. The van der Waals surface area contributed by atoms with Crippen LogP contribution in [0.2, 0.25) is 10.0 Å². The highest BCUT2D eigenvalue weighted by Gasteiger charge is 2.41. The first-order valence-electron chi connectivity index (χ1n) is 11.5. The minimum Gasteiger partial charge on any atom is -0.303 e. The second kappa shape index (κ2) is 10.0. The molecule has 3 aliphatic heterocycles. The van der Waals surface area contributed by atoms with Crippen LogP contribution in [0.15, 0.2) is 46.2 Å². The van der Waals surface area contributed by atoms with Gasteiger partial charge in [0.2, 0.25) is 10.0 Å². The van der Waals surface area contributed by atoms with Crippen LogP contribution in [0.25, 0.3) is 5.57 Å². The van der Waals surface area contributed by atoms with Crippen LogP contribution < -0.4 is 10.2 Å². The van der Waals surface area contributed by atoms with Crippen LogP contribution in [0, 0.1) is 0 Å². The van der Waals surface area contributed by atoms with E-state index in [1.165, 1.54) is 21.3 Å². The summed E-state index contributed by atoms with van der Waals surface area (Å²) < 4.78 is 28.4. The maximum absolute atomic E-state index is 13.6. The second-order valence-corrected chi connectivity index (χ2v) is 12.4. The van der Waals surface area contributed by atoms with Crippen molar-refractivity contribution in [3.8, 4) is 0 Å². The number of hydrogen-bond donors (Lipinski definition) is 1. The van der Waals surface area contributed by atoms with Crippen LogP contribution in [-0.2, 0) is 26.2 Å². The summed E-state index contributed by atoms with van der Waals surface area (Å²) in [4.78, 5) is 41.6. The number of thioether (sulfide) groups is 1. The molecule has 194 valence electrons. The van der Waals surface area contributed by atoms with Crippen LogP contribution in [-0.4, -0.2) is 67.4 Å². The molecule has 3 aliphatic rings. The molecule has 13 heteroatoms. The molecule has 0 bridgehead atoms. The Kier molecular flexibility index (Phi) is 7.12. The molecule has 37 heavy (non-hydrogen) atoms. The fraction of sp³-hybridized carbons (Fsp3) is 0.292. The number of anilines is 1. The smallest absolute Gasteiger partial charge is 0.290 e. The molecule has 2 saturated heterocycles. The Balaban J connectivity index is 1.57. The number of hydrogen-bond acceptors (Lipinski definition) is 7. The molecule has 0 unspecified atom stereocenters. The average Bonchev–Trinajstić information content (AvgIpc) is 3.35. The summed E-state index contributed by atoms with van der Waals surface area (Å²) in [7, 11) is -3.84. The van der Waals surface area contributed by atoms with Crippen molar-refractivity contribution in [2.45, 2.75) is 18.4 Å². The SMILES string of the molecule is CCN1CCN(S(=O)(=O)c2ccc3c(c2)C(=C2SC(=O)NC2=O)C(=O)N3Cc2ccc(Cl)c(Cl)c2)CC1. The Labute approximate surface area is 228 Å². The highest BCUT2D eigenvalue weighted by atomic mass is 35.5. The Bertz CT molecular complexity index is 1470. The first-order chi connectivity index (χ1) is 17.6. The van der Waals surface area contributed by atoms with Crippen LogP contribution >= 0.6 is 35.0 Å². The molecule has 9 nitrogen and oxygen atoms in total. The Morgan fingerprint density at radius 2 is 1.70 bits per heavy atom. The molecular weight excluding hydrogens is 559 g/mol. The van der Waals surface area contributed by atoms with E-state index in [0.717, 1.165) is 6.54 Å². The molecule has 0 atom stereocenters. The van der Waals surface area contributed by atoms with Crippen LogP contribution in [0.3, 0.4) is 0 Å². The van der Waals surface area contributed by atoms with Gasteiger partial charge in [0.1, 0.15) is 0 Å². The average molecular weight is 582 g/mol. The van der Waals surface area contributed by atoms with Crippen molar-refractivity contribution in [3.63, 3.8) is 0 Å². The van der Waals surface area contributed by atoms with E-state index in [4.69, 9.17) is 23.2 Å². The van der Waals surface area contributed by atoms with Crippen LogP contribution in [0.1, 0.15) is 18.1 Å². The number of nitrogens with zero attached hydrogens (tertiary/aromatic N) is 3. The van der Waals surface area contributed by atoms with E-state index in [-0.39, 0.29) is 27.5 Å². The second-order valence-electron chi connectivity index (χ2n) is 8.70. The third-order valence-electron chi connectivity index (χ3n) is 6.57. The van der Waals surface area contributed by atoms with E-state index in [9.17, 15) is 22.8 Å². The minimum absolute atomic E-state index is 0.00346. The van der Waals surface area contributed by atoms with Gasteiger partial charge >= 0.3 is 0 Å². The molecule has 0 aromatic heterocycles. The van der Waals surface area contributed by atoms with Gasteiger partial charge in [-0.05, 0) is 54.2 Å². The predicted octanol–water partition coefficient (Wildman–Crippen LogP) is 3.56. The number of nitrogens with one attached hydrogen (secondary N) is 1. The summed E-state index contributed by atoms with van der Waals surface area (Å²) in [6.45, 7) is 4.95. The molecule has 1 N–H and O–H groups in total. The maximum Gasteiger partial charge on any atom is 0.290 e. The number of sulfonamides is 1. The number of likely N-dealkylation sites (N-methyl/N-ethyl adjacent to an activating group) is 1. The van der Waals surface area contributed by atoms with Gasteiger partial charge in [-0.3, -0.25) is 19.7 Å². The van der Waals surface area contributed by atoms with E-state index < -0.39 is 27.1 Å². The molecule has 2 aromatic carbocycles. The molecule has 0 aliphatic carbocycles. The predicted molar refractivity (Wildman–Crippen MR) is 143 cm³/mol. The normalized spacial score (nSPS) is 21.1. The standard InChI is InChI=1S/C24H22Cl2N4O5S2/c1-2-28-7-9-29(10-8-28)37(34,35)15-4-6-19-16(12-15)20(21-22(31)27-24(33)36-21)23(32)30(19)13-14-3-5-17(25)18(26)11-14/h3-6,11-12H,2,7-10,13H2,1H3,(H,27,31,33). The zero-order valence-corrected chi connectivity index (χ0v) is 22.8. The minimum atomic E-state index is -3.84. The lowest BCUT2D eigenvalue weighted by Crippen LogP contribution is -2.48. The van der Waals surface area contributed by atoms with Gasteiger partial charge in [0.05, 0.1) is 37.7 Å². The van der Waals surface area contributed by atoms with Gasteiger partial charge in [-0.15, -0.1) is 0 Å². The summed E-state index contributed by atoms with van der Waals surface area (Å²) in [6.07, 6.45) is 0. The molecule has 0 saturated carbocycles. The highest BCUT2D eigenvalue weighted by molar-refractivity contribution is 8.18. The first-order valence-corrected chi connectivity index (χ1v) is 14.5. The Morgan fingerprint density at radius 1 is 0.973 bits per heavy atom. The third-order valence-corrected chi connectivity index (χ3v) is 10.1. The number of fused-ring (bicyclic) bond motifs is 1. The van der Waals surface area contributed by atoms with Crippen LogP contribution in [0.4, 0.5) is 10.5 Å². The molecule has 2 fully saturated rings. The lowest BCUT2D eigenvalue weighted by Gasteiger charge is -2.33. The Morgan fingerprint density at radius 3 is 2.32 bits per heavy atom. The summed E-state index contributed by atoms with van der Waals surface area (Å²) in [6, 6.07) is 9.43. The lowest BCUT2D eigenvalue weighted by atomic mass is 10.1. The molecule has 3 heterocycles. The molecule has 2 aromatic rings. The van der Waals surface area contributed by atoms with Gasteiger partial charge in [-0.2, -0.15) is 4.31 Å². The van der Waals surface area contributed by atoms with Crippen molar-refractivity contribution in [2.75, 3.05) is 37.6 Å². The zero-order valence-electron chi connectivity index (χ0n) is 19.7. The van der Waals surface area contributed by atoms with Gasteiger partial charge in [-0.1, -0.05) is 36.2 Å². The van der Waals surface area contributed by atoms with E-state index in [1.54, 1.807) is 24.3 Å². The number of halogens is 2. The summed E-state index contributed by atoms with van der Waals surface area (Å²) in [5.74, 6) is -1.20. The number of benzene rings is 2. The third kappa shape index (κ3) is 4.80. The molecule has 0 spiro atoms. The Hall–Kier alpha value is -2.41. The number of carbonyl (C=O) groups excluding carboxylic acids is 3. The number of piperazine rings is 1. The van der Waals surface area contributed by atoms with E-state index in [1.807, 2.05) is 6.92 Å². The van der Waals surface area contributed by atoms with E-state index >= 15 is 0 Å². The van der Waals surface area contributed by atoms with Gasteiger partial charge in [0.15, 0.2) is 0 Å². The molecule has 3 amide bonds. The van der Waals surface area contributed by atoms with E-state index in [0.29, 0.717) is 59.2 Å². The summed E-state index contributed by atoms with van der Waals surface area (Å²) in [5, 5.41) is 2.27. The lowest BCUT2D eigenvalue weighted by molar-refractivity contribution is -0.116.